The molecular formula is C14H27IN6. The molecule has 21 heavy (non-hydrogen) atoms. The fourth-order valence-corrected chi connectivity index (χ4v) is 1.96. The molecule has 1 aromatic heterocycles. The van der Waals surface area contributed by atoms with Gasteiger partial charge in [0.2, 0.25) is 0 Å². The van der Waals surface area contributed by atoms with E-state index in [1.54, 1.807) is 6.33 Å². The number of hydrogen-bond donors (Lipinski definition) is 2. The number of aryl methyl sites for hydroxylation is 1. The summed E-state index contributed by atoms with van der Waals surface area (Å²) in [5.41, 5.74) is 0. The van der Waals surface area contributed by atoms with E-state index in [4.69, 9.17) is 0 Å². The van der Waals surface area contributed by atoms with Crippen LogP contribution in [0.2, 0.25) is 0 Å². The van der Waals surface area contributed by atoms with Crippen LogP contribution < -0.4 is 10.6 Å². The lowest BCUT2D eigenvalue weighted by Gasteiger charge is -2.12. The largest absolute Gasteiger partial charge is 0.355 e. The number of hydrogen-bond acceptors (Lipinski definition) is 3. The summed E-state index contributed by atoms with van der Waals surface area (Å²) in [6.07, 6.45) is 7.56. The molecule has 2 rings (SSSR count). The predicted octanol–water partition coefficient (Wildman–Crippen LogP) is 1.96. The molecule has 1 heterocycles. The lowest BCUT2D eigenvalue weighted by molar-refractivity contribution is 0.630. The van der Waals surface area contributed by atoms with Crippen molar-refractivity contribution < 1.29 is 0 Å². The fraction of sp³-hybridized carbons (Fsp3) is 0.786. The summed E-state index contributed by atoms with van der Waals surface area (Å²) in [5.74, 6) is 1.98. The molecule has 1 aromatic rings. The Morgan fingerprint density at radius 2 is 2.24 bits per heavy atom. The van der Waals surface area contributed by atoms with E-state index in [1.807, 2.05) is 0 Å². The Kier molecular flexibility index (Phi) is 8.63. The van der Waals surface area contributed by atoms with E-state index in [9.17, 15) is 0 Å². The van der Waals surface area contributed by atoms with E-state index in [2.05, 4.69) is 44.2 Å². The predicted molar refractivity (Wildman–Crippen MR) is 96.2 cm³/mol. The van der Waals surface area contributed by atoms with Crippen LogP contribution in [0.4, 0.5) is 0 Å². The highest BCUT2D eigenvalue weighted by molar-refractivity contribution is 14.0. The maximum atomic E-state index is 4.61. The van der Waals surface area contributed by atoms with Crippen molar-refractivity contribution in [2.45, 2.75) is 58.5 Å². The Morgan fingerprint density at radius 3 is 2.90 bits per heavy atom. The maximum Gasteiger partial charge on any atom is 0.191 e. The highest BCUT2D eigenvalue weighted by atomic mass is 127. The van der Waals surface area contributed by atoms with Crippen molar-refractivity contribution >= 4 is 29.9 Å². The average Bonchev–Trinajstić information content (AvgIpc) is 3.15. The van der Waals surface area contributed by atoms with E-state index in [0.717, 1.165) is 44.3 Å². The first kappa shape index (κ1) is 18.2. The Labute approximate surface area is 144 Å². The van der Waals surface area contributed by atoms with Crippen LogP contribution in [-0.4, -0.2) is 39.9 Å². The molecule has 0 aliphatic heterocycles. The van der Waals surface area contributed by atoms with Gasteiger partial charge in [0.15, 0.2) is 5.96 Å². The van der Waals surface area contributed by atoms with Gasteiger partial charge >= 0.3 is 0 Å². The Balaban J connectivity index is 0.00000220. The summed E-state index contributed by atoms with van der Waals surface area (Å²) in [7, 11) is 0. The van der Waals surface area contributed by atoms with Crippen LogP contribution in [0.1, 0.15) is 45.4 Å². The molecule has 6 nitrogen and oxygen atoms in total. The van der Waals surface area contributed by atoms with Gasteiger partial charge in [0.05, 0.1) is 0 Å². The first-order valence-corrected chi connectivity index (χ1v) is 7.75. The van der Waals surface area contributed by atoms with Crippen LogP contribution in [0.5, 0.6) is 0 Å². The van der Waals surface area contributed by atoms with Gasteiger partial charge in [-0.1, -0.05) is 20.3 Å². The quantitative estimate of drug-likeness (QED) is 0.300. The van der Waals surface area contributed by atoms with Gasteiger partial charge in [-0.15, -0.1) is 34.2 Å². The smallest absolute Gasteiger partial charge is 0.191 e. The van der Waals surface area contributed by atoms with Crippen molar-refractivity contribution in [3.05, 3.63) is 12.2 Å². The number of aromatic nitrogens is 3. The van der Waals surface area contributed by atoms with Crippen molar-refractivity contribution in [3.8, 4) is 0 Å². The van der Waals surface area contributed by atoms with Crippen LogP contribution >= 0.6 is 24.0 Å². The first-order valence-electron chi connectivity index (χ1n) is 7.75. The average molecular weight is 406 g/mol. The third kappa shape index (κ3) is 6.62. The number of nitrogens with zero attached hydrogens (tertiary/aromatic N) is 4. The first-order chi connectivity index (χ1) is 9.83. The van der Waals surface area contributed by atoms with Gasteiger partial charge < -0.3 is 15.2 Å². The van der Waals surface area contributed by atoms with E-state index < -0.39 is 0 Å². The molecule has 2 N–H and O–H groups in total. The molecule has 120 valence electrons. The minimum absolute atomic E-state index is 0. The van der Waals surface area contributed by atoms with E-state index in [-0.39, 0.29) is 24.0 Å². The zero-order chi connectivity index (χ0) is 14.2. The molecule has 7 heteroatoms. The number of unbranched alkanes of at least 4 members (excludes halogenated alkanes) is 1. The molecule has 1 saturated carbocycles. The Bertz CT molecular complexity index is 427. The van der Waals surface area contributed by atoms with Crippen molar-refractivity contribution in [2.75, 3.05) is 13.1 Å². The molecule has 0 amide bonds. The fourth-order valence-electron chi connectivity index (χ4n) is 1.96. The summed E-state index contributed by atoms with van der Waals surface area (Å²) in [4.78, 5) is 4.61. The van der Waals surface area contributed by atoms with Crippen LogP contribution in [0.15, 0.2) is 11.3 Å². The molecule has 0 radical (unpaired) electrons. The summed E-state index contributed by atoms with van der Waals surface area (Å²) < 4.78 is 2.09. The normalized spacial score (nSPS) is 14.7. The minimum atomic E-state index is 0. The van der Waals surface area contributed by atoms with E-state index in [1.165, 1.54) is 19.3 Å². The number of aliphatic imine (C=N–C) groups is 1. The molecule has 0 bridgehead atoms. The molecule has 0 aromatic carbocycles. The summed E-state index contributed by atoms with van der Waals surface area (Å²) >= 11 is 0. The SMILES string of the molecule is CCCCN=C(NCCn1cnnc1CC)NC1CC1.I. The summed E-state index contributed by atoms with van der Waals surface area (Å²) in [6, 6.07) is 0.629. The number of rotatable bonds is 8. The maximum absolute atomic E-state index is 4.61. The monoisotopic (exact) mass is 406 g/mol. The molecular weight excluding hydrogens is 379 g/mol. The molecule has 1 aliphatic carbocycles. The third-order valence-electron chi connectivity index (χ3n) is 3.36. The van der Waals surface area contributed by atoms with E-state index in [0.29, 0.717) is 6.04 Å². The summed E-state index contributed by atoms with van der Waals surface area (Å²) in [5, 5.41) is 14.9. The second kappa shape index (κ2) is 9.97. The van der Waals surface area contributed by atoms with Crippen LogP contribution in [0.25, 0.3) is 0 Å². The van der Waals surface area contributed by atoms with Gasteiger partial charge in [0, 0.05) is 32.1 Å². The standard InChI is InChI=1S/C14H26N6.HI/c1-3-5-8-15-14(18-12-6-7-12)16-9-10-20-11-17-19-13(20)4-2;/h11-12H,3-10H2,1-2H3,(H2,15,16,18);1H. The Morgan fingerprint density at radius 1 is 1.43 bits per heavy atom. The molecule has 1 aliphatic rings. The molecule has 1 fully saturated rings. The molecule has 0 spiro atoms. The topological polar surface area (TPSA) is 67.1 Å². The van der Waals surface area contributed by atoms with Crippen molar-refractivity contribution in [1.29, 1.82) is 0 Å². The van der Waals surface area contributed by atoms with Crippen LogP contribution in [-0.2, 0) is 13.0 Å². The lowest BCUT2D eigenvalue weighted by atomic mass is 10.3. The number of guanidine groups is 1. The lowest BCUT2D eigenvalue weighted by Crippen LogP contribution is -2.40. The summed E-state index contributed by atoms with van der Waals surface area (Å²) in [6.45, 7) is 6.89. The van der Waals surface area contributed by atoms with Crippen LogP contribution in [0.3, 0.4) is 0 Å². The number of halogens is 1. The van der Waals surface area contributed by atoms with Crippen molar-refractivity contribution in [3.63, 3.8) is 0 Å². The second-order valence-electron chi connectivity index (χ2n) is 5.22. The van der Waals surface area contributed by atoms with Gasteiger partial charge in [-0.2, -0.15) is 0 Å². The van der Waals surface area contributed by atoms with Gasteiger partial charge in [0.1, 0.15) is 12.2 Å². The van der Waals surface area contributed by atoms with Gasteiger partial charge in [-0.25, -0.2) is 0 Å². The molecule has 0 unspecified atom stereocenters. The zero-order valence-corrected chi connectivity index (χ0v) is 15.3. The van der Waals surface area contributed by atoms with Gasteiger partial charge in [0.25, 0.3) is 0 Å². The third-order valence-corrected chi connectivity index (χ3v) is 3.36. The number of nitrogens with one attached hydrogen (secondary N) is 2. The second-order valence-corrected chi connectivity index (χ2v) is 5.22. The Hall–Kier alpha value is -0.860. The van der Waals surface area contributed by atoms with Crippen molar-refractivity contribution in [1.82, 2.24) is 25.4 Å². The zero-order valence-electron chi connectivity index (χ0n) is 13.0. The van der Waals surface area contributed by atoms with E-state index >= 15 is 0 Å². The van der Waals surface area contributed by atoms with Crippen molar-refractivity contribution in [2.24, 2.45) is 4.99 Å². The minimum Gasteiger partial charge on any atom is -0.355 e. The van der Waals surface area contributed by atoms with Crippen LogP contribution in [0, 0.1) is 0 Å². The van der Waals surface area contributed by atoms with Gasteiger partial charge in [-0.05, 0) is 19.3 Å². The highest BCUT2D eigenvalue weighted by Crippen LogP contribution is 2.18. The molecule has 0 saturated heterocycles. The van der Waals surface area contributed by atoms with Gasteiger partial charge in [-0.3, -0.25) is 4.99 Å². The highest BCUT2D eigenvalue weighted by Gasteiger charge is 2.22. The molecule has 0 atom stereocenters.